The van der Waals surface area contributed by atoms with E-state index in [1.807, 2.05) is 25.1 Å². The van der Waals surface area contributed by atoms with Gasteiger partial charge in [0.2, 0.25) is 0 Å². The lowest BCUT2D eigenvalue weighted by Gasteiger charge is -2.16. The number of aliphatic carboxylic acids is 1. The monoisotopic (exact) mass is 258 g/mol. The van der Waals surface area contributed by atoms with Gasteiger partial charge < -0.3 is 14.6 Å². The number of aryl methyl sites for hydroxylation is 1. The molecule has 4 nitrogen and oxygen atoms in total. The fourth-order valence-corrected chi connectivity index (χ4v) is 1.49. The van der Waals surface area contributed by atoms with Crippen molar-refractivity contribution in [3.8, 4) is 11.5 Å². The molecule has 0 aromatic heterocycles. The van der Waals surface area contributed by atoms with Gasteiger partial charge in [-0.1, -0.05) is 35.9 Å². The van der Waals surface area contributed by atoms with Crippen molar-refractivity contribution in [2.45, 2.75) is 13.2 Å². The van der Waals surface area contributed by atoms with Gasteiger partial charge in [0.25, 0.3) is 0 Å². The summed E-state index contributed by atoms with van der Waals surface area (Å²) in [6.45, 7) is 1.94. The Morgan fingerprint density at radius 1 is 0.947 bits per heavy atom. The first-order chi connectivity index (χ1) is 9.15. The van der Waals surface area contributed by atoms with E-state index in [-0.39, 0.29) is 0 Å². The van der Waals surface area contributed by atoms with E-state index in [9.17, 15) is 4.79 Å². The summed E-state index contributed by atoms with van der Waals surface area (Å²) in [6.07, 6.45) is -1.37. The summed E-state index contributed by atoms with van der Waals surface area (Å²) in [5, 5.41) is 9.10. The van der Waals surface area contributed by atoms with Crippen molar-refractivity contribution in [2.24, 2.45) is 0 Å². The lowest BCUT2D eigenvalue weighted by molar-refractivity contribution is -0.158. The van der Waals surface area contributed by atoms with Crippen molar-refractivity contribution >= 4 is 5.97 Å². The number of ether oxygens (including phenoxy) is 2. The molecular weight excluding hydrogens is 244 g/mol. The van der Waals surface area contributed by atoms with Gasteiger partial charge in [0.1, 0.15) is 11.5 Å². The molecule has 0 amide bonds. The number of carboxylic acid groups (broad SMARTS) is 1. The van der Waals surface area contributed by atoms with Crippen molar-refractivity contribution < 1.29 is 19.4 Å². The number of para-hydroxylation sites is 1. The highest BCUT2D eigenvalue weighted by Gasteiger charge is 2.21. The Morgan fingerprint density at radius 3 is 2.00 bits per heavy atom. The molecular formula is C15H14O4. The van der Waals surface area contributed by atoms with E-state index < -0.39 is 12.3 Å². The Kier molecular flexibility index (Phi) is 4.03. The molecule has 0 spiro atoms. The van der Waals surface area contributed by atoms with Gasteiger partial charge in [0.05, 0.1) is 0 Å². The normalized spacial score (nSPS) is 11.6. The minimum Gasteiger partial charge on any atom is -0.476 e. The third-order valence-corrected chi connectivity index (χ3v) is 2.45. The quantitative estimate of drug-likeness (QED) is 0.838. The topological polar surface area (TPSA) is 55.8 Å². The van der Waals surface area contributed by atoms with E-state index in [0.717, 1.165) is 5.56 Å². The molecule has 98 valence electrons. The van der Waals surface area contributed by atoms with Gasteiger partial charge in [0.15, 0.2) is 0 Å². The maximum absolute atomic E-state index is 11.1. The molecule has 0 aliphatic carbocycles. The summed E-state index contributed by atoms with van der Waals surface area (Å²) in [5.41, 5.74) is 1.07. The molecule has 2 rings (SSSR count). The molecule has 19 heavy (non-hydrogen) atoms. The first-order valence-electron chi connectivity index (χ1n) is 5.83. The van der Waals surface area contributed by atoms with E-state index >= 15 is 0 Å². The minimum atomic E-state index is -1.37. The van der Waals surface area contributed by atoms with Crippen LogP contribution >= 0.6 is 0 Å². The molecule has 0 saturated carbocycles. The van der Waals surface area contributed by atoms with Crippen LogP contribution in [-0.2, 0) is 4.79 Å². The van der Waals surface area contributed by atoms with E-state index in [0.29, 0.717) is 11.5 Å². The average Bonchev–Trinajstić information content (AvgIpc) is 2.41. The second-order valence-corrected chi connectivity index (χ2v) is 4.03. The number of hydrogen-bond acceptors (Lipinski definition) is 3. The smallest absolute Gasteiger partial charge is 0.387 e. The predicted octanol–water partition coefficient (Wildman–Crippen LogP) is 2.86. The Bertz CT molecular complexity index is 534. The molecule has 0 heterocycles. The van der Waals surface area contributed by atoms with Crippen LogP contribution in [0.1, 0.15) is 5.56 Å². The zero-order chi connectivity index (χ0) is 13.7. The number of rotatable bonds is 5. The van der Waals surface area contributed by atoms with E-state index in [2.05, 4.69) is 0 Å². The molecule has 0 fully saturated rings. The molecule has 0 aliphatic heterocycles. The molecule has 0 bridgehead atoms. The number of hydrogen-bond donors (Lipinski definition) is 1. The molecule has 2 aromatic rings. The first-order valence-corrected chi connectivity index (χ1v) is 5.83. The highest BCUT2D eigenvalue weighted by Crippen LogP contribution is 2.16. The highest BCUT2D eigenvalue weighted by atomic mass is 16.7. The largest absolute Gasteiger partial charge is 0.476 e. The van der Waals surface area contributed by atoms with Crippen LogP contribution in [0.3, 0.4) is 0 Å². The third-order valence-electron chi connectivity index (χ3n) is 2.45. The standard InChI is InChI=1S/C15H14O4/c1-11-7-9-13(10-8-11)19-15(14(16)17)18-12-5-3-2-4-6-12/h2-10,15H,1H3,(H,16,17). The Morgan fingerprint density at radius 2 is 1.47 bits per heavy atom. The Balaban J connectivity index is 2.08. The fourth-order valence-electron chi connectivity index (χ4n) is 1.49. The molecule has 0 radical (unpaired) electrons. The van der Waals surface area contributed by atoms with Gasteiger partial charge in [-0.15, -0.1) is 0 Å². The lowest BCUT2D eigenvalue weighted by Crippen LogP contribution is -2.33. The lowest BCUT2D eigenvalue weighted by atomic mass is 10.2. The summed E-state index contributed by atoms with van der Waals surface area (Å²) in [5.74, 6) is -0.277. The van der Waals surface area contributed by atoms with Crippen LogP contribution in [0.4, 0.5) is 0 Å². The molecule has 1 unspecified atom stereocenters. The van der Waals surface area contributed by atoms with Gasteiger partial charge in [0, 0.05) is 0 Å². The molecule has 1 atom stereocenters. The SMILES string of the molecule is Cc1ccc(OC(Oc2ccccc2)C(=O)O)cc1. The van der Waals surface area contributed by atoms with Gasteiger partial charge in [-0.25, -0.2) is 4.79 Å². The second kappa shape index (κ2) is 5.91. The van der Waals surface area contributed by atoms with Crippen LogP contribution in [0.15, 0.2) is 54.6 Å². The number of carbonyl (C=O) groups is 1. The Labute approximate surface area is 111 Å². The fraction of sp³-hybridized carbons (Fsp3) is 0.133. The van der Waals surface area contributed by atoms with E-state index in [1.54, 1.807) is 36.4 Å². The first kappa shape index (κ1) is 13.0. The zero-order valence-electron chi connectivity index (χ0n) is 10.4. The van der Waals surface area contributed by atoms with Crippen LogP contribution in [0, 0.1) is 6.92 Å². The van der Waals surface area contributed by atoms with Crippen molar-refractivity contribution in [1.82, 2.24) is 0 Å². The maximum Gasteiger partial charge on any atom is 0.387 e. The molecule has 1 N–H and O–H groups in total. The molecule has 0 saturated heterocycles. The van der Waals surface area contributed by atoms with Crippen LogP contribution in [0.2, 0.25) is 0 Å². The summed E-state index contributed by atoms with van der Waals surface area (Å²) >= 11 is 0. The molecule has 2 aromatic carbocycles. The zero-order valence-corrected chi connectivity index (χ0v) is 10.4. The minimum absolute atomic E-state index is 0.446. The third kappa shape index (κ3) is 3.74. The molecule has 4 heteroatoms. The maximum atomic E-state index is 11.1. The van der Waals surface area contributed by atoms with Crippen molar-refractivity contribution in [1.29, 1.82) is 0 Å². The highest BCUT2D eigenvalue weighted by molar-refractivity contribution is 5.71. The summed E-state index contributed by atoms with van der Waals surface area (Å²) in [6, 6.07) is 15.8. The summed E-state index contributed by atoms with van der Waals surface area (Å²) in [4.78, 5) is 11.1. The summed E-state index contributed by atoms with van der Waals surface area (Å²) < 4.78 is 10.6. The number of carboxylic acids is 1. The number of benzene rings is 2. The second-order valence-electron chi connectivity index (χ2n) is 4.03. The summed E-state index contributed by atoms with van der Waals surface area (Å²) in [7, 11) is 0. The van der Waals surface area contributed by atoms with E-state index in [4.69, 9.17) is 14.6 Å². The van der Waals surface area contributed by atoms with Gasteiger partial charge >= 0.3 is 12.3 Å². The van der Waals surface area contributed by atoms with Crippen LogP contribution in [0.25, 0.3) is 0 Å². The average molecular weight is 258 g/mol. The van der Waals surface area contributed by atoms with Crippen LogP contribution in [0.5, 0.6) is 11.5 Å². The Hall–Kier alpha value is -2.49. The predicted molar refractivity (Wildman–Crippen MR) is 70.3 cm³/mol. The van der Waals surface area contributed by atoms with Gasteiger partial charge in [-0.3, -0.25) is 0 Å². The van der Waals surface area contributed by atoms with Crippen molar-refractivity contribution in [2.75, 3.05) is 0 Å². The molecule has 0 aliphatic rings. The van der Waals surface area contributed by atoms with Crippen LogP contribution in [-0.4, -0.2) is 17.4 Å². The van der Waals surface area contributed by atoms with Crippen LogP contribution < -0.4 is 9.47 Å². The van der Waals surface area contributed by atoms with Crippen molar-refractivity contribution in [3.05, 3.63) is 60.2 Å². The van der Waals surface area contributed by atoms with Crippen molar-refractivity contribution in [3.63, 3.8) is 0 Å². The van der Waals surface area contributed by atoms with E-state index in [1.165, 1.54) is 0 Å². The van der Waals surface area contributed by atoms with Gasteiger partial charge in [-0.2, -0.15) is 0 Å². The van der Waals surface area contributed by atoms with Gasteiger partial charge in [-0.05, 0) is 31.2 Å².